The van der Waals surface area contributed by atoms with E-state index in [0.29, 0.717) is 26.2 Å². The minimum Gasteiger partial charge on any atom is -0.329 e. The number of carbonyl (C=O) groups excluding carboxylic acids is 1. The summed E-state index contributed by atoms with van der Waals surface area (Å²) in [5, 5.41) is 0. The Balaban J connectivity index is 2.73. The lowest BCUT2D eigenvalue weighted by molar-refractivity contribution is -0.844. The third-order valence-electron chi connectivity index (χ3n) is 2.17. The molecule has 14 heavy (non-hydrogen) atoms. The average molecular weight is 201 g/mol. The molecule has 80 valence electrons. The number of nitrogens with one attached hydrogen (secondary N) is 1. The lowest BCUT2D eigenvalue weighted by Crippen LogP contribution is -2.63. The summed E-state index contributed by atoms with van der Waals surface area (Å²) >= 11 is 0. The second kappa shape index (κ2) is 4.49. The number of urea groups is 1. The SMILES string of the molecule is NCCN1C=C[N+](CCN)(NN)C1=O. The molecule has 1 rings (SSSR count). The first-order valence-corrected chi connectivity index (χ1v) is 4.46. The predicted octanol–water partition coefficient (Wildman–Crippen LogP) is -1.99. The minimum absolute atomic E-state index is 0.142. The molecule has 0 aliphatic carbocycles. The zero-order valence-corrected chi connectivity index (χ0v) is 8.02. The van der Waals surface area contributed by atoms with E-state index >= 15 is 0 Å². The van der Waals surface area contributed by atoms with Gasteiger partial charge in [0, 0.05) is 19.6 Å². The van der Waals surface area contributed by atoms with Crippen molar-refractivity contribution in [3.63, 3.8) is 0 Å². The monoisotopic (exact) mass is 201 g/mol. The molecule has 0 fully saturated rings. The topological polar surface area (TPSA) is 110 Å². The second-order valence-corrected chi connectivity index (χ2v) is 3.07. The number of rotatable bonds is 5. The van der Waals surface area contributed by atoms with Crippen molar-refractivity contribution in [2.75, 3.05) is 26.2 Å². The Kier molecular flexibility index (Phi) is 3.55. The first kappa shape index (κ1) is 11.1. The molecule has 0 saturated heterocycles. The fraction of sp³-hybridized carbons (Fsp3) is 0.571. The first-order chi connectivity index (χ1) is 6.70. The quantitative estimate of drug-likeness (QED) is 0.234. The summed E-state index contributed by atoms with van der Waals surface area (Å²) in [5.41, 5.74) is 13.2. The van der Waals surface area contributed by atoms with E-state index in [0.717, 1.165) is 0 Å². The maximum atomic E-state index is 11.8. The Morgan fingerprint density at radius 1 is 1.43 bits per heavy atom. The molecule has 1 aliphatic heterocycles. The smallest absolute Gasteiger partial charge is 0.329 e. The van der Waals surface area contributed by atoms with Gasteiger partial charge in [0.05, 0.1) is 6.20 Å². The summed E-state index contributed by atoms with van der Waals surface area (Å²) in [6.07, 6.45) is 3.34. The summed E-state index contributed by atoms with van der Waals surface area (Å²) < 4.78 is -0.142. The fourth-order valence-electron chi connectivity index (χ4n) is 1.40. The number of hydrogen-bond donors (Lipinski definition) is 4. The van der Waals surface area contributed by atoms with Crippen LogP contribution in [0.15, 0.2) is 12.4 Å². The Labute approximate surface area is 82.6 Å². The van der Waals surface area contributed by atoms with Gasteiger partial charge in [0.25, 0.3) is 0 Å². The largest absolute Gasteiger partial charge is 0.448 e. The number of carbonyl (C=O) groups is 1. The van der Waals surface area contributed by atoms with Crippen LogP contribution in [0.25, 0.3) is 0 Å². The molecule has 7 nitrogen and oxygen atoms in total. The van der Waals surface area contributed by atoms with Crippen molar-refractivity contribution in [3.8, 4) is 0 Å². The normalized spacial score (nSPS) is 26.2. The van der Waals surface area contributed by atoms with E-state index < -0.39 is 0 Å². The average Bonchev–Trinajstić information content (AvgIpc) is 2.48. The molecule has 0 aromatic rings. The van der Waals surface area contributed by atoms with Crippen LogP contribution >= 0.6 is 0 Å². The van der Waals surface area contributed by atoms with Crippen molar-refractivity contribution in [3.05, 3.63) is 12.4 Å². The summed E-state index contributed by atoms with van der Waals surface area (Å²) in [6, 6.07) is -0.150. The van der Waals surface area contributed by atoms with Gasteiger partial charge in [-0.2, -0.15) is 0 Å². The molecule has 1 aliphatic rings. The van der Waals surface area contributed by atoms with E-state index in [1.54, 1.807) is 12.4 Å². The summed E-state index contributed by atoms with van der Waals surface area (Å²) in [4.78, 5) is 13.3. The van der Waals surface area contributed by atoms with Gasteiger partial charge in [-0.15, -0.1) is 4.59 Å². The molecule has 0 bridgehead atoms. The number of hydrogen-bond acceptors (Lipinski definition) is 5. The van der Waals surface area contributed by atoms with Crippen molar-refractivity contribution in [1.82, 2.24) is 10.4 Å². The lowest BCUT2D eigenvalue weighted by Gasteiger charge is -2.26. The van der Waals surface area contributed by atoms with Gasteiger partial charge in [0.15, 0.2) is 0 Å². The summed E-state index contributed by atoms with van der Waals surface area (Å²) in [7, 11) is 0. The van der Waals surface area contributed by atoms with Crippen molar-refractivity contribution in [1.29, 1.82) is 0 Å². The highest BCUT2D eigenvalue weighted by Gasteiger charge is 2.42. The highest BCUT2D eigenvalue weighted by molar-refractivity contribution is 5.70. The van der Waals surface area contributed by atoms with E-state index in [-0.39, 0.29) is 10.6 Å². The molecular weight excluding hydrogens is 184 g/mol. The van der Waals surface area contributed by atoms with Gasteiger partial charge in [0.2, 0.25) is 0 Å². The van der Waals surface area contributed by atoms with Gasteiger partial charge in [-0.1, -0.05) is 5.53 Å². The Morgan fingerprint density at radius 3 is 2.64 bits per heavy atom. The van der Waals surface area contributed by atoms with Crippen molar-refractivity contribution < 1.29 is 9.39 Å². The second-order valence-electron chi connectivity index (χ2n) is 3.07. The van der Waals surface area contributed by atoms with Gasteiger partial charge in [-0.05, 0) is 0 Å². The van der Waals surface area contributed by atoms with E-state index in [9.17, 15) is 4.79 Å². The van der Waals surface area contributed by atoms with Crippen molar-refractivity contribution in [2.24, 2.45) is 17.3 Å². The Hall–Kier alpha value is -0.990. The van der Waals surface area contributed by atoms with Gasteiger partial charge >= 0.3 is 6.03 Å². The molecule has 1 unspecified atom stereocenters. The number of nitrogens with zero attached hydrogens (tertiary/aromatic N) is 2. The van der Waals surface area contributed by atoms with Crippen LogP contribution in [0.4, 0.5) is 4.79 Å². The molecule has 0 spiro atoms. The molecule has 1 heterocycles. The van der Waals surface area contributed by atoms with Crippen LogP contribution in [0.3, 0.4) is 0 Å². The highest BCUT2D eigenvalue weighted by Crippen LogP contribution is 2.15. The van der Waals surface area contributed by atoms with Gasteiger partial charge < -0.3 is 11.5 Å². The zero-order valence-electron chi connectivity index (χ0n) is 8.02. The molecule has 0 radical (unpaired) electrons. The third kappa shape index (κ3) is 1.76. The van der Waals surface area contributed by atoms with Gasteiger partial charge in [0.1, 0.15) is 12.7 Å². The number of nitrogens with two attached hydrogens (primary N) is 3. The lowest BCUT2D eigenvalue weighted by atomic mass is 10.5. The maximum absolute atomic E-state index is 11.8. The molecule has 1 atom stereocenters. The number of amides is 2. The van der Waals surface area contributed by atoms with E-state index in [4.69, 9.17) is 17.3 Å². The van der Waals surface area contributed by atoms with Gasteiger partial charge in [-0.25, -0.2) is 10.6 Å². The molecule has 0 saturated carbocycles. The third-order valence-corrected chi connectivity index (χ3v) is 2.17. The molecule has 7 N–H and O–H groups in total. The van der Waals surface area contributed by atoms with Crippen LogP contribution in [0.1, 0.15) is 0 Å². The Bertz CT molecular complexity index is 242. The van der Waals surface area contributed by atoms with Gasteiger partial charge in [-0.3, -0.25) is 4.90 Å². The molecule has 7 heteroatoms. The van der Waals surface area contributed by atoms with E-state index in [2.05, 4.69) is 5.53 Å². The first-order valence-electron chi connectivity index (χ1n) is 4.46. The maximum Gasteiger partial charge on any atom is 0.448 e. The summed E-state index contributed by atoms with van der Waals surface area (Å²) in [6.45, 7) is 1.70. The van der Waals surface area contributed by atoms with Crippen LogP contribution in [-0.2, 0) is 0 Å². The van der Waals surface area contributed by atoms with Crippen LogP contribution in [0.2, 0.25) is 0 Å². The summed E-state index contributed by atoms with van der Waals surface area (Å²) in [5.74, 6) is 5.34. The molecule has 0 aromatic carbocycles. The highest BCUT2D eigenvalue weighted by atomic mass is 16.2. The zero-order chi connectivity index (χ0) is 10.6. The van der Waals surface area contributed by atoms with E-state index in [1.807, 2.05) is 0 Å². The number of quaternary nitrogens is 1. The predicted molar refractivity (Wildman–Crippen MR) is 51.8 cm³/mol. The molecular formula is C7H17N6O+. The standard InChI is InChI=1S/C7H17N6O/c8-1-3-12-4-6-13(11-10,5-2-9)7(12)14/h4,6,11H,1-3,5,8-10H2/q+1. The van der Waals surface area contributed by atoms with Crippen LogP contribution in [0, 0.1) is 0 Å². The Morgan fingerprint density at radius 2 is 2.14 bits per heavy atom. The molecule has 2 amide bonds. The fourth-order valence-corrected chi connectivity index (χ4v) is 1.40. The molecule has 0 aromatic heterocycles. The van der Waals surface area contributed by atoms with Crippen molar-refractivity contribution >= 4 is 6.03 Å². The minimum atomic E-state index is -0.150. The van der Waals surface area contributed by atoms with Crippen molar-refractivity contribution in [2.45, 2.75) is 0 Å². The van der Waals surface area contributed by atoms with E-state index in [1.165, 1.54) is 4.90 Å². The number of hydrazine groups is 1. The van der Waals surface area contributed by atoms with Crippen LogP contribution in [0.5, 0.6) is 0 Å². The van der Waals surface area contributed by atoms with Crippen LogP contribution < -0.4 is 22.8 Å². The van der Waals surface area contributed by atoms with Crippen LogP contribution in [-0.4, -0.2) is 41.7 Å².